The van der Waals surface area contributed by atoms with Gasteiger partial charge in [0.25, 0.3) is 0 Å². The highest BCUT2D eigenvalue weighted by Gasteiger charge is 2.37. The Morgan fingerprint density at radius 3 is 2.48 bits per heavy atom. The lowest BCUT2D eigenvalue weighted by Gasteiger charge is -2.28. The Kier molecular flexibility index (Phi) is 6.68. The Bertz CT molecular complexity index is 677. The Balaban J connectivity index is 2.18. The van der Waals surface area contributed by atoms with E-state index in [9.17, 15) is 9.00 Å². The molecule has 1 amide bonds. The molecule has 0 radical (unpaired) electrons. The first-order chi connectivity index (χ1) is 12.4. The molecule has 1 aromatic heterocycles. The normalized spacial score (nSPS) is 20.4. The zero-order valence-electron chi connectivity index (χ0n) is 17.5. The lowest BCUT2D eigenvalue weighted by Crippen LogP contribution is -2.40. The van der Waals surface area contributed by atoms with Crippen molar-refractivity contribution in [2.45, 2.75) is 71.3 Å². The molecule has 6 nitrogen and oxygen atoms in total. The van der Waals surface area contributed by atoms with Crippen molar-refractivity contribution in [1.29, 1.82) is 0 Å². The lowest BCUT2D eigenvalue weighted by molar-refractivity contribution is 0.0286. The van der Waals surface area contributed by atoms with Gasteiger partial charge in [0.15, 0.2) is 0 Å². The number of nitrogens with one attached hydrogen (secondary N) is 1. The third kappa shape index (κ3) is 6.28. The van der Waals surface area contributed by atoms with Crippen LogP contribution in [-0.2, 0) is 15.7 Å². The summed E-state index contributed by atoms with van der Waals surface area (Å²) in [7, 11) is -1.23. The summed E-state index contributed by atoms with van der Waals surface area (Å²) in [6, 6.07) is 3.80. The maximum absolute atomic E-state index is 12.7. The molecular formula is C20H33N3O3S. The number of pyridine rings is 1. The van der Waals surface area contributed by atoms with Crippen molar-refractivity contribution in [3.63, 3.8) is 0 Å². The molecule has 2 rings (SSSR count). The summed E-state index contributed by atoms with van der Waals surface area (Å²) >= 11 is 0. The predicted molar refractivity (Wildman–Crippen MR) is 109 cm³/mol. The van der Waals surface area contributed by atoms with Crippen molar-refractivity contribution >= 4 is 17.1 Å². The van der Waals surface area contributed by atoms with E-state index in [-0.39, 0.29) is 22.8 Å². The van der Waals surface area contributed by atoms with Gasteiger partial charge >= 0.3 is 6.09 Å². The summed E-state index contributed by atoms with van der Waals surface area (Å²) in [6.45, 7) is 14.6. The van der Waals surface area contributed by atoms with Crippen LogP contribution in [-0.4, -0.2) is 43.6 Å². The van der Waals surface area contributed by atoms with Crippen LogP contribution in [0, 0.1) is 12.8 Å². The smallest absolute Gasteiger partial charge is 0.410 e. The number of amides is 1. The third-order valence-electron chi connectivity index (χ3n) is 4.39. The zero-order chi connectivity index (χ0) is 20.4. The van der Waals surface area contributed by atoms with Gasteiger partial charge in [0.2, 0.25) is 0 Å². The summed E-state index contributed by atoms with van der Waals surface area (Å²) in [5.41, 5.74) is 1.42. The number of aryl methyl sites for hydroxylation is 1. The SMILES string of the molecule is Cc1ccc(C(N[S@](=O)C(C)(C)C)[C@@H]2CCN(C(=O)OC(C)(C)C)C2)nc1. The van der Waals surface area contributed by atoms with Gasteiger partial charge in [-0.1, -0.05) is 6.07 Å². The van der Waals surface area contributed by atoms with Crippen LogP contribution >= 0.6 is 0 Å². The minimum atomic E-state index is -1.23. The largest absolute Gasteiger partial charge is 0.444 e. The van der Waals surface area contributed by atoms with Crippen molar-refractivity contribution < 1.29 is 13.7 Å². The van der Waals surface area contributed by atoms with Gasteiger partial charge in [-0.15, -0.1) is 0 Å². The molecule has 2 heterocycles. The molecule has 1 N–H and O–H groups in total. The maximum atomic E-state index is 12.7. The van der Waals surface area contributed by atoms with Gasteiger partial charge in [-0.25, -0.2) is 13.7 Å². The fourth-order valence-corrected chi connectivity index (χ4v) is 3.80. The molecule has 0 aromatic carbocycles. The number of rotatable bonds is 4. The van der Waals surface area contributed by atoms with E-state index in [0.29, 0.717) is 13.1 Å². The van der Waals surface area contributed by atoms with E-state index < -0.39 is 16.6 Å². The highest BCUT2D eigenvalue weighted by Crippen LogP contribution is 2.31. The van der Waals surface area contributed by atoms with Crippen LogP contribution in [0.1, 0.15) is 65.3 Å². The van der Waals surface area contributed by atoms with E-state index in [4.69, 9.17) is 4.74 Å². The topological polar surface area (TPSA) is 71.5 Å². The van der Waals surface area contributed by atoms with Crippen LogP contribution in [0.3, 0.4) is 0 Å². The van der Waals surface area contributed by atoms with E-state index in [0.717, 1.165) is 17.7 Å². The lowest BCUT2D eigenvalue weighted by atomic mass is 9.96. The van der Waals surface area contributed by atoms with Crippen LogP contribution in [0.4, 0.5) is 4.79 Å². The summed E-state index contributed by atoms with van der Waals surface area (Å²) in [5, 5.41) is 0. The molecule has 1 unspecified atom stereocenters. The van der Waals surface area contributed by atoms with Gasteiger partial charge in [0, 0.05) is 25.2 Å². The molecule has 0 aliphatic carbocycles. The van der Waals surface area contributed by atoms with Gasteiger partial charge in [-0.2, -0.15) is 0 Å². The molecule has 27 heavy (non-hydrogen) atoms. The number of likely N-dealkylation sites (tertiary alicyclic amines) is 1. The van der Waals surface area contributed by atoms with Gasteiger partial charge in [-0.3, -0.25) is 4.98 Å². The quantitative estimate of drug-likeness (QED) is 0.843. The van der Waals surface area contributed by atoms with Crippen molar-refractivity contribution in [2.75, 3.05) is 13.1 Å². The minimum Gasteiger partial charge on any atom is -0.444 e. The van der Waals surface area contributed by atoms with Crippen molar-refractivity contribution in [2.24, 2.45) is 5.92 Å². The molecule has 1 aliphatic heterocycles. The number of hydrogen-bond donors (Lipinski definition) is 1. The average molecular weight is 396 g/mol. The fourth-order valence-electron chi connectivity index (χ4n) is 2.91. The van der Waals surface area contributed by atoms with Crippen molar-refractivity contribution in [3.05, 3.63) is 29.6 Å². The van der Waals surface area contributed by atoms with Crippen LogP contribution < -0.4 is 4.72 Å². The maximum Gasteiger partial charge on any atom is 0.410 e. The second-order valence-corrected chi connectivity index (χ2v) is 11.2. The molecule has 1 fully saturated rings. The predicted octanol–water partition coefficient (Wildman–Crippen LogP) is 3.74. The summed E-state index contributed by atoms with van der Waals surface area (Å²) in [4.78, 5) is 18.7. The number of nitrogens with zero attached hydrogens (tertiary/aromatic N) is 2. The van der Waals surface area contributed by atoms with Gasteiger partial charge in [0.05, 0.1) is 27.5 Å². The highest BCUT2D eigenvalue weighted by atomic mass is 32.2. The first-order valence-corrected chi connectivity index (χ1v) is 10.6. The van der Waals surface area contributed by atoms with Crippen LogP contribution in [0.25, 0.3) is 0 Å². The zero-order valence-corrected chi connectivity index (χ0v) is 18.4. The Morgan fingerprint density at radius 1 is 1.30 bits per heavy atom. The first-order valence-electron chi connectivity index (χ1n) is 9.45. The van der Waals surface area contributed by atoms with Crippen LogP contribution in [0.2, 0.25) is 0 Å². The molecule has 1 aliphatic rings. The van der Waals surface area contributed by atoms with Crippen LogP contribution in [0.15, 0.2) is 18.3 Å². The van der Waals surface area contributed by atoms with Crippen LogP contribution in [0.5, 0.6) is 0 Å². The molecule has 7 heteroatoms. The third-order valence-corrected chi connectivity index (χ3v) is 5.97. The molecule has 1 aromatic rings. The van der Waals surface area contributed by atoms with E-state index in [2.05, 4.69) is 9.71 Å². The highest BCUT2D eigenvalue weighted by molar-refractivity contribution is 7.84. The van der Waals surface area contributed by atoms with Crippen molar-refractivity contribution in [1.82, 2.24) is 14.6 Å². The number of ether oxygens (including phenoxy) is 1. The number of aromatic nitrogens is 1. The van der Waals surface area contributed by atoms with Crippen molar-refractivity contribution in [3.8, 4) is 0 Å². The fraction of sp³-hybridized carbons (Fsp3) is 0.700. The Labute approximate surface area is 165 Å². The first kappa shape index (κ1) is 21.8. The Morgan fingerprint density at radius 2 is 1.96 bits per heavy atom. The second kappa shape index (κ2) is 8.27. The van der Waals surface area contributed by atoms with E-state index in [1.807, 2.05) is 66.8 Å². The standard InChI is InChI=1S/C20H33N3O3S/c1-14-8-9-16(21-12-14)17(22-27(25)20(5,6)7)15-10-11-23(13-15)18(24)26-19(2,3)4/h8-9,12,15,17,22H,10-11,13H2,1-7H3/t15-,17?,27-/m1/s1. The van der Waals surface area contributed by atoms with Gasteiger partial charge in [0.1, 0.15) is 5.60 Å². The molecular weight excluding hydrogens is 362 g/mol. The van der Waals surface area contributed by atoms with Gasteiger partial charge < -0.3 is 9.64 Å². The molecule has 0 saturated carbocycles. The van der Waals surface area contributed by atoms with E-state index in [1.165, 1.54) is 0 Å². The Hall–Kier alpha value is -1.47. The number of carbonyl (C=O) groups excluding carboxylic acids is 1. The summed E-state index contributed by atoms with van der Waals surface area (Å²) < 4.78 is 21.1. The molecule has 152 valence electrons. The number of carbonyl (C=O) groups is 1. The van der Waals surface area contributed by atoms with E-state index >= 15 is 0 Å². The second-order valence-electron chi connectivity index (χ2n) is 9.21. The average Bonchev–Trinajstić information content (AvgIpc) is 3.00. The molecule has 1 saturated heterocycles. The summed E-state index contributed by atoms with van der Waals surface area (Å²) in [6.07, 6.45) is 2.34. The minimum absolute atomic E-state index is 0.124. The summed E-state index contributed by atoms with van der Waals surface area (Å²) in [5.74, 6) is 0.124. The molecule has 3 atom stereocenters. The number of hydrogen-bond acceptors (Lipinski definition) is 4. The molecule has 0 spiro atoms. The van der Waals surface area contributed by atoms with E-state index in [1.54, 1.807) is 4.90 Å². The van der Waals surface area contributed by atoms with Gasteiger partial charge in [-0.05, 0) is 66.5 Å². The monoisotopic (exact) mass is 395 g/mol. The molecule has 0 bridgehead atoms.